The van der Waals surface area contributed by atoms with Gasteiger partial charge in [0.05, 0.1) is 12.6 Å². The number of thiophene rings is 1. The van der Waals surface area contributed by atoms with Crippen LogP contribution in [0.3, 0.4) is 0 Å². The molecule has 174 valence electrons. The fraction of sp³-hybridized carbons (Fsp3) is 0.500. The monoisotopic (exact) mass is 479 g/mol. The van der Waals surface area contributed by atoms with Crippen LogP contribution in [-0.2, 0) is 14.8 Å². The summed E-state index contributed by atoms with van der Waals surface area (Å²) in [4.78, 5) is 14.8. The number of sulfonamides is 1. The molecule has 32 heavy (non-hydrogen) atoms. The Morgan fingerprint density at radius 1 is 1.09 bits per heavy atom. The molecule has 2 aliphatic rings. The number of amides is 1. The fourth-order valence-electron chi connectivity index (χ4n) is 3.98. The maximum atomic E-state index is 12.8. The van der Waals surface area contributed by atoms with Crippen molar-refractivity contribution in [2.24, 2.45) is 5.92 Å². The van der Waals surface area contributed by atoms with Gasteiger partial charge in [-0.2, -0.15) is 4.31 Å². The summed E-state index contributed by atoms with van der Waals surface area (Å²) >= 11 is 1.23. The molecule has 10 heteroatoms. The van der Waals surface area contributed by atoms with Crippen molar-refractivity contribution in [3.63, 3.8) is 0 Å². The summed E-state index contributed by atoms with van der Waals surface area (Å²) in [6.07, 6.45) is 0. The summed E-state index contributed by atoms with van der Waals surface area (Å²) in [5.41, 5.74) is 0.976. The number of carbonyl (C=O) groups is 1. The third-order valence-corrected chi connectivity index (χ3v) is 8.97. The van der Waals surface area contributed by atoms with E-state index in [1.54, 1.807) is 17.5 Å². The smallest absolute Gasteiger partial charge is 0.252 e. The van der Waals surface area contributed by atoms with E-state index < -0.39 is 10.0 Å². The summed E-state index contributed by atoms with van der Waals surface area (Å²) in [6.45, 7) is 7.23. The van der Waals surface area contributed by atoms with Gasteiger partial charge < -0.3 is 14.8 Å². The molecule has 1 N–H and O–H groups in total. The molecule has 0 spiro atoms. The van der Waals surface area contributed by atoms with Crippen molar-refractivity contribution in [1.29, 1.82) is 0 Å². The topological polar surface area (TPSA) is 88.2 Å². The van der Waals surface area contributed by atoms with Gasteiger partial charge in [0, 0.05) is 26.2 Å². The van der Waals surface area contributed by atoms with Crippen LogP contribution in [0.5, 0.6) is 11.5 Å². The van der Waals surface area contributed by atoms with Crippen LogP contribution in [0.4, 0.5) is 0 Å². The molecule has 2 aliphatic heterocycles. The fourth-order valence-corrected chi connectivity index (χ4v) is 6.54. The first kappa shape index (κ1) is 23.0. The molecule has 0 bridgehead atoms. The Morgan fingerprint density at radius 3 is 2.47 bits per heavy atom. The summed E-state index contributed by atoms with van der Waals surface area (Å²) in [7, 11) is -3.44. The van der Waals surface area contributed by atoms with Crippen molar-refractivity contribution in [1.82, 2.24) is 14.5 Å². The molecule has 8 nitrogen and oxygen atoms in total. The Hall–Kier alpha value is -2.14. The van der Waals surface area contributed by atoms with Crippen molar-refractivity contribution >= 4 is 27.3 Å². The van der Waals surface area contributed by atoms with Gasteiger partial charge in [-0.3, -0.25) is 9.69 Å². The van der Waals surface area contributed by atoms with Gasteiger partial charge in [-0.1, -0.05) is 26.0 Å². The highest BCUT2D eigenvalue weighted by molar-refractivity contribution is 7.91. The van der Waals surface area contributed by atoms with E-state index in [0.717, 1.165) is 11.3 Å². The molecule has 0 saturated carbocycles. The molecular weight excluding hydrogens is 450 g/mol. The highest BCUT2D eigenvalue weighted by Gasteiger charge is 2.30. The van der Waals surface area contributed by atoms with Gasteiger partial charge in [0.15, 0.2) is 11.5 Å². The lowest BCUT2D eigenvalue weighted by Crippen LogP contribution is -2.51. The van der Waals surface area contributed by atoms with Gasteiger partial charge in [0.2, 0.25) is 5.91 Å². The normalized spacial score (nSPS) is 18.5. The zero-order valence-electron chi connectivity index (χ0n) is 18.3. The number of nitrogens with one attached hydrogen (secondary N) is 1. The molecule has 0 radical (unpaired) electrons. The summed E-state index contributed by atoms with van der Waals surface area (Å²) in [6, 6.07) is 9.01. The Morgan fingerprint density at radius 2 is 1.81 bits per heavy atom. The number of fused-ring (bicyclic) bond motifs is 1. The average molecular weight is 480 g/mol. The molecule has 1 amide bonds. The highest BCUT2D eigenvalue weighted by atomic mass is 32.2. The maximum absolute atomic E-state index is 12.8. The molecule has 1 aromatic heterocycles. The summed E-state index contributed by atoms with van der Waals surface area (Å²) < 4.78 is 38.5. The van der Waals surface area contributed by atoms with Crippen LogP contribution < -0.4 is 14.8 Å². The second kappa shape index (κ2) is 9.78. The number of rotatable bonds is 7. The van der Waals surface area contributed by atoms with Crippen LogP contribution in [0.1, 0.15) is 25.5 Å². The molecule has 3 heterocycles. The van der Waals surface area contributed by atoms with E-state index in [1.807, 2.05) is 23.1 Å². The SMILES string of the molecule is CC(C)C(NC(=O)CN1CCN(S(=O)(=O)c2cccs2)CC1)c1ccc2c(c1)OCCO2. The zero-order chi connectivity index (χ0) is 22.7. The molecule has 1 aromatic carbocycles. The summed E-state index contributed by atoms with van der Waals surface area (Å²) in [5.74, 6) is 1.54. The molecular formula is C22H29N3O5S2. The van der Waals surface area contributed by atoms with E-state index in [-0.39, 0.29) is 24.4 Å². The van der Waals surface area contributed by atoms with E-state index in [2.05, 4.69) is 19.2 Å². The first-order valence-electron chi connectivity index (χ1n) is 10.8. The zero-order valence-corrected chi connectivity index (χ0v) is 20.0. The van der Waals surface area contributed by atoms with Crippen LogP contribution in [-0.4, -0.2) is 69.5 Å². The number of hydrogen-bond acceptors (Lipinski definition) is 7. The summed E-state index contributed by atoms with van der Waals surface area (Å²) in [5, 5.41) is 4.91. The predicted octanol–water partition coefficient (Wildman–Crippen LogP) is 2.34. The van der Waals surface area contributed by atoms with Gasteiger partial charge in [-0.15, -0.1) is 11.3 Å². The third kappa shape index (κ3) is 5.09. The Balaban J connectivity index is 1.34. The number of hydrogen-bond donors (Lipinski definition) is 1. The molecule has 2 aromatic rings. The first-order chi connectivity index (χ1) is 15.3. The van der Waals surface area contributed by atoms with E-state index in [1.165, 1.54) is 15.6 Å². The van der Waals surface area contributed by atoms with Gasteiger partial charge in [-0.05, 0) is 35.1 Å². The lowest BCUT2D eigenvalue weighted by Gasteiger charge is -2.33. The third-order valence-electron chi connectivity index (χ3n) is 5.70. The van der Waals surface area contributed by atoms with E-state index in [9.17, 15) is 13.2 Å². The van der Waals surface area contributed by atoms with E-state index >= 15 is 0 Å². The number of benzene rings is 1. The number of piperazine rings is 1. The number of carbonyl (C=O) groups excluding carboxylic acids is 1. The molecule has 1 fully saturated rings. The lowest BCUT2D eigenvalue weighted by atomic mass is 9.95. The lowest BCUT2D eigenvalue weighted by molar-refractivity contribution is -0.123. The van der Waals surface area contributed by atoms with Gasteiger partial charge >= 0.3 is 0 Å². The van der Waals surface area contributed by atoms with Crippen LogP contribution in [0.25, 0.3) is 0 Å². The van der Waals surface area contributed by atoms with Crippen LogP contribution in [0, 0.1) is 5.92 Å². The van der Waals surface area contributed by atoms with Crippen molar-refractivity contribution < 1.29 is 22.7 Å². The van der Waals surface area contributed by atoms with E-state index in [4.69, 9.17) is 9.47 Å². The van der Waals surface area contributed by atoms with Crippen molar-refractivity contribution in [2.45, 2.75) is 24.1 Å². The second-order valence-electron chi connectivity index (χ2n) is 8.30. The minimum Gasteiger partial charge on any atom is -0.486 e. The van der Waals surface area contributed by atoms with Gasteiger partial charge in [-0.25, -0.2) is 8.42 Å². The molecule has 1 unspecified atom stereocenters. The highest BCUT2D eigenvalue weighted by Crippen LogP contribution is 2.34. The minimum atomic E-state index is -3.44. The quantitative estimate of drug-likeness (QED) is 0.656. The van der Waals surface area contributed by atoms with Crippen molar-refractivity contribution in [3.8, 4) is 11.5 Å². The average Bonchev–Trinajstić information content (AvgIpc) is 3.33. The molecule has 0 aliphatic carbocycles. The Kier molecular flexibility index (Phi) is 7.04. The maximum Gasteiger partial charge on any atom is 0.252 e. The molecule has 1 atom stereocenters. The number of nitrogens with zero attached hydrogens (tertiary/aromatic N) is 2. The van der Waals surface area contributed by atoms with Gasteiger partial charge in [0.25, 0.3) is 10.0 Å². The van der Waals surface area contributed by atoms with Crippen LogP contribution in [0.2, 0.25) is 0 Å². The molecule has 4 rings (SSSR count). The minimum absolute atomic E-state index is 0.0758. The Bertz CT molecular complexity index is 1030. The van der Waals surface area contributed by atoms with Crippen LogP contribution >= 0.6 is 11.3 Å². The molecule has 1 saturated heterocycles. The van der Waals surface area contributed by atoms with E-state index in [0.29, 0.717) is 49.4 Å². The second-order valence-corrected chi connectivity index (χ2v) is 11.4. The Labute approximate surface area is 193 Å². The van der Waals surface area contributed by atoms with Crippen LogP contribution in [0.15, 0.2) is 39.9 Å². The standard InChI is InChI=1S/C22H29N3O5S2/c1-16(2)22(17-5-6-18-19(14-17)30-12-11-29-18)23-20(26)15-24-7-9-25(10-8-24)32(27,28)21-4-3-13-31-21/h3-6,13-14,16,22H,7-12,15H2,1-2H3,(H,23,26). The van der Waals surface area contributed by atoms with Crippen molar-refractivity contribution in [2.75, 3.05) is 45.9 Å². The largest absolute Gasteiger partial charge is 0.486 e. The predicted molar refractivity (Wildman–Crippen MR) is 123 cm³/mol. The first-order valence-corrected chi connectivity index (χ1v) is 13.1. The van der Waals surface area contributed by atoms with Gasteiger partial charge in [0.1, 0.15) is 17.4 Å². The number of ether oxygens (including phenoxy) is 2. The van der Waals surface area contributed by atoms with Crippen molar-refractivity contribution in [3.05, 3.63) is 41.3 Å².